The van der Waals surface area contributed by atoms with Crippen molar-refractivity contribution in [1.82, 2.24) is 4.57 Å². The number of hydrogen-bond donors (Lipinski definition) is 0. The summed E-state index contributed by atoms with van der Waals surface area (Å²) in [4.78, 5) is 33.5. The highest BCUT2D eigenvalue weighted by Gasteiger charge is 2.24. The van der Waals surface area contributed by atoms with Gasteiger partial charge >= 0.3 is 11.9 Å². The van der Waals surface area contributed by atoms with Gasteiger partial charge in [-0.25, -0.2) is 4.79 Å². The number of hydrogen-bond acceptors (Lipinski definition) is 6. The molecule has 0 atom stereocenters. The van der Waals surface area contributed by atoms with Crippen LogP contribution in [0.5, 0.6) is 0 Å². The third kappa shape index (κ3) is 5.19. The van der Waals surface area contributed by atoms with Gasteiger partial charge in [-0.1, -0.05) is 0 Å². The first-order valence-corrected chi connectivity index (χ1v) is 6.79. The Morgan fingerprint density at radius 2 is 2.00 bits per heavy atom. The lowest BCUT2D eigenvalue weighted by Crippen LogP contribution is -2.25. The van der Waals surface area contributed by atoms with Gasteiger partial charge < -0.3 is 14.0 Å². The number of methoxy groups -OCH3 is 1. The highest BCUT2D eigenvalue weighted by molar-refractivity contribution is 5.89. The largest absolute Gasteiger partial charge is 0.469 e. The maximum Gasteiger partial charge on any atom is 0.355 e. The van der Waals surface area contributed by atoms with Crippen molar-refractivity contribution in [3.05, 3.63) is 28.1 Å². The minimum absolute atomic E-state index is 0.0893. The number of rotatable bonds is 6. The van der Waals surface area contributed by atoms with Crippen LogP contribution in [0.25, 0.3) is 0 Å². The monoisotopic (exact) mass is 312 g/mol. The zero-order valence-corrected chi connectivity index (χ0v) is 13.1. The number of aromatic nitrogens is 1. The van der Waals surface area contributed by atoms with E-state index in [1.165, 1.54) is 23.9 Å². The summed E-state index contributed by atoms with van der Waals surface area (Å²) >= 11 is 0. The van der Waals surface area contributed by atoms with Crippen molar-refractivity contribution in [3.8, 4) is 0 Å². The molecular weight excluding hydrogens is 292 g/mol. The van der Waals surface area contributed by atoms with Crippen LogP contribution in [0, 0.1) is 10.1 Å². The molecule has 0 aliphatic rings. The number of carbonyl (C=O) groups excluding carboxylic acids is 2. The predicted molar refractivity (Wildman–Crippen MR) is 77.5 cm³/mol. The van der Waals surface area contributed by atoms with Gasteiger partial charge in [-0.3, -0.25) is 14.9 Å². The number of esters is 2. The fourth-order valence-corrected chi connectivity index (χ4v) is 1.78. The molecule has 1 aromatic rings. The molecule has 1 rings (SSSR count). The third-order valence-electron chi connectivity index (χ3n) is 2.71. The summed E-state index contributed by atoms with van der Waals surface area (Å²) < 4.78 is 11.2. The molecule has 1 aromatic heterocycles. The molecule has 0 fully saturated rings. The maximum atomic E-state index is 12.1. The molecule has 8 heteroatoms. The lowest BCUT2D eigenvalue weighted by molar-refractivity contribution is -0.384. The van der Waals surface area contributed by atoms with Crippen molar-refractivity contribution < 1.29 is 24.0 Å². The second-order valence-corrected chi connectivity index (χ2v) is 5.72. The zero-order valence-electron chi connectivity index (χ0n) is 13.1. The lowest BCUT2D eigenvalue weighted by Gasteiger charge is -2.19. The Balaban J connectivity index is 2.91. The smallest absolute Gasteiger partial charge is 0.355 e. The molecule has 0 saturated carbocycles. The standard InChI is InChI=1S/C14H20N2O6/c1-14(2,3)22-13(18)11-8-10(16(19)20)9-15(11)7-5-6-12(17)21-4/h8-9H,5-7H2,1-4H3. The van der Waals surface area contributed by atoms with Crippen LogP contribution in [-0.4, -0.2) is 34.1 Å². The topological polar surface area (TPSA) is 101 Å². The molecule has 1 heterocycles. The summed E-state index contributed by atoms with van der Waals surface area (Å²) in [5.74, 6) is -1.01. The number of aryl methyl sites for hydroxylation is 1. The van der Waals surface area contributed by atoms with Gasteiger partial charge in [0.05, 0.1) is 18.2 Å². The minimum Gasteiger partial charge on any atom is -0.469 e. The fourth-order valence-electron chi connectivity index (χ4n) is 1.78. The van der Waals surface area contributed by atoms with E-state index in [-0.39, 0.29) is 30.3 Å². The van der Waals surface area contributed by atoms with Crippen LogP contribution in [0.2, 0.25) is 0 Å². The second kappa shape index (κ2) is 7.06. The van der Waals surface area contributed by atoms with Gasteiger partial charge in [0.25, 0.3) is 5.69 Å². The van der Waals surface area contributed by atoms with Crippen molar-refractivity contribution in [2.24, 2.45) is 0 Å². The highest BCUT2D eigenvalue weighted by atomic mass is 16.6. The number of ether oxygens (including phenoxy) is 2. The van der Waals surface area contributed by atoms with Gasteiger partial charge in [0.1, 0.15) is 11.3 Å². The fraction of sp³-hybridized carbons (Fsp3) is 0.571. The van der Waals surface area contributed by atoms with E-state index in [0.717, 1.165) is 0 Å². The van der Waals surface area contributed by atoms with E-state index in [4.69, 9.17) is 4.74 Å². The van der Waals surface area contributed by atoms with Crippen LogP contribution in [0.15, 0.2) is 12.3 Å². The summed E-state index contributed by atoms with van der Waals surface area (Å²) in [6.07, 6.45) is 1.82. The normalized spacial score (nSPS) is 11.1. The van der Waals surface area contributed by atoms with Gasteiger partial charge in [0.15, 0.2) is 0 Å². The van der Waals surface area contributed by atoms with Crippen molar-refractivity contribution >= 4 is 17.6 Å². The molecule has 0 N–H and O–H groups in total. The zero-order chi connectivity index (χ0) is 16.9. The molecule has 0 spiro atoms. The molecule has 0 aliphatic heterocycles. The molecule has 0 unspecified atom stereocenters. The average molecular weight is 312 g/mol. The first kappa shape index (κ1) is 17.7. The molecular formula is C14H20N2O6. The summed E-state index contributed by atoms with van der Waals surface area (Å²) in [5, 5.41) is 10.9. The number of nitro groups is 1. The van der Waals surface area contributed by atoms with Crippen LogP contribution < -0.4 is 0 Å². The Bertz CT molecular complexity index is 570. The van der Waals surface area contributed by atoms with Crippen LogP contribution in [0.3, 0.4) is 0 Å². The first-order chi connectivity index (χ1) is 10.1. The predicted octanol–water partition coefficient (Wildman–Crippen LogP) is 2.30. The SMILES string of the molecule is COC(=O)CCCn1cc([N+](=O)[O-])cc1C(=O)OC(C)(C)C. The molecule has 22 heavy (non-hydrogen) atoms. The Kier molecular flexibility index (Phi) is 5.67. The Morgan fingerprint density at radius 1 is 1.36 bits per heavy atom. The second-order valence-electron chi connectivity index (χ2n) is 5.72. The van der Waals surface area contributed by atoms with Crippen LogP contribution in [0.4, 0.5) is 5.69 Å². The third-order valence-corrected chi connectivity index (χ3v) is 2.71. The molecule has 0 radical (unpaired) electrons. The van der Waals surface area contributed by atoms with Gasteiger partial charge in [-0.2, -0.15) is 0 Å². The van der Waals surface area contributed by atoms with E-state index < -0.39 is 16.5 Å². The van der Waals surface area contributed by atoms with Gasteiger partial charge in [0, 0.05) is 19.0 Å². The minimum atomic E-state index is -0.701. The Morgan fingerprint density at radius 3 is 2.50 bits per heavy atom. The van der Waals surface area contributed by atoms with Crippen LogP contribution >= 0.6 is 0 Å². The molecule has 0 aliphatic carbocycles. The van der Waals surface area contributed by atoms with Crippen molar-refractivity contribution in [2.45, 2.75) is 45.8 Å². The van der Waals surface area contributed by atoms with Gasteiger partial charge in [-0.05, 0) is 27.2 Å². The molecule has 0 saturated heterocycles. The van der Waals surface area contributed by atoms with Crippen LogP contribution in [0.1, 0.15) is 44.1 Å². The van der Waals surface area contributed by atoms with E-state index in [0.29, 0.717) is 6.42 Å². The van der Waals surface area contributed by atoms with Crippen molar-refractivity contribution in [2.75, 3.05) is 7.11 Å². The summed E-state index contributed by atoms with van der Waals surface area (Å²) in [7, 11) is 1.29. The lowest BCUT2D eigenvalue weighted by atomic mass is 10.2. The average Bonchev–Trinajstić information content (AvgIpc) is 2.81. The summed E-state index contributed by atoms with van der Waals surface area (Å²) in [6, 6.07) is 1.17. The van der Waals surface area contributed by atoms with E-state index in [1.807, 2.05) is 0 Å². The van der Waals surface area contributed by atoms with Gasteiger partial charge in [0.2, 0.25) is 0 Å². The molecule has 0 aromatic carbocycles. The highest BCUT2D eigenvalue weighted by Crippen LogP contribution is 2.20. The van der Waals surface area contributed by atoms with Crippen molar-refractivity contribution in [3.63, 3.8) is 0 Å². The maximum absolute atomic E-state index is 12.1. The number of carbonyl (C=O) groups is 2. The molecule has 0 bridgehead atoms. The van der Waals surface area contributed by atoms with Crippen molar-refractivity contribution in [1.29, 1.82) is 0 Å². The molecule has 0 amide bonds. The van der Waals surface area contributed by atoms with E-state index >= 15 is 0 Å². The van der Waals surface area contributed by atoms with Gasteiger partial charge in [-0.15, -0.1) is 0 Å². The van der Waals surface area contributed by atoms with Crippen LogP contribution in [-0.2, 0) is 20.8 Å². The number of nitrogens with zero attached hydrogens (tertiary/aromatic N) is 2. The Hall–Kier alpha value is -2.38. The summed E-state index contributed by atoms with van der Waals surface area (Å²) in [6.45, 7) is 5.41. The quantitative estimate of drug-likeness (QED) is 0.454. The summed E-state index contributed by atoms with van der Waals surface area (Å²) in [5.41, 5.74) is -0.808. The first-order valence-electron chi connectivity index (χ1n) is 6.79. The van der Waals surface area contributed by atoms with E-state index in [9.17, 15) is 19.7 Å². The van der Waals surface area contributed by atoms with E-state index in [1.54, 1.807) is 20.8 Å². The molecule has 8 nitrogen and oxygen atoms in total. The molecule has 122 valence electrons. The Labute approximate surface area is 128 Å². The van der Waals surface area contributed by atoms with E-state index in [2.05, 4.69) is 4.74 Å².